The fourth-order valence-corrected chi connectivity index (χ4v) is 3.33. The highest BCUT2D eigenvalue weighted by Crippen LogP contribution is 2.32. The highest BCUT2D eigenvalue weighted by atomic mass is 35.5. The van der Waals surface area contributed by atoms with Gasteiger partial charge in [0.05, 0.1) is 19.8 Å². The molecule has 2 N–H and O–H groups in total. The first-order chi connectivity index (χ1) is 14.7. The van der Waals surface area contributed by atoms with Gasteiger partial charge in [-0.3, -0.25) is 4.79 Å². The van der Waals surface area contributed by atoms with Crippen LogP contribution in [0.1, 0.15) is 37.9 Å². The van der Waals surface area contributed by atoms with E-state index in [0.29, 0.717) is 23.8 Å². The Morgan fingerprint density at radius 2 is 1.68 bits per heavy atom. The molecule has 2 aromatic carbocycles. The second-order valence-electron chi connectivity index (χ2n) is 8.16. The minimum absolute atomic E-state index is 0.0623. The molecule has 2 aromatic rings. The van der Waals surface area contributed by atoms with Gasteiger partial charge in [0.15, 0.2) is 0 Å². The number of alkyl carbamates (subject to hydrolysis) is 1. The van der Waals surface area contributed by atoms with Crippen molar-refractivity contribution in [2.75, 3.05) is 19.8 Å². The van der Waals surface area contributed by atoms with Gasteiger partial charge in [0.1, 0.15) is 11.6 Å². The van der Waals surface area contributed by atoms with Crippen molar-refractivity contribution in [1.82, 2.24) is 10.6 Å². The van der Waals surface area contributed by atoms with Crippen molar-refractivity contribution in [2.45, 2.75) is 38.2 Å². The number of halogens is 1. The number of carbonyl (C=O) groups is 2. The SMILES string of the molecule is CC(C)(C)OC(=O)NC(C(=O)NCC1(c2ccc(Cl)cc2)OCCO1)c1ccccc1. The van der Waals surface area contributed by atoms with Gasteiger partial charge in [-0.1, -0.05) is 54.1 Å². The third kappa shape index (κ3) is 6.19. The van der Waals surface area contributed by atoms with E-state index in [2.05, 4.69) is 10.6 Å². The van der Waals surface area contributed by atoms with Crippen LogP contribution < -0.4 is 10.6 Å². The average molecular weight is 447 g/mol. The molecule has 0 saturated carbocycles. The van der Waals surface area contributed by atoms with E-state index in [-0.39, 0.29) is 6.54 Å². The Kier molecular flexibility index (Phi) is 7.20. The van der Waals surface area contributed by atoms with E-state index in [4.69, 9.17) is 25.8 Å². The van der Waals surface area contributed by atoms with Crippen LogP contribution in [0.25, 0.3) is 0 Å². The molecule has 0 radical (unpaired) electrons. The molecule has 1 aliphatic rings. The van der Waals surface area contributed by atoms with Gasteiger partial charge in [0.25, 0.3) is 0 Å². The number of amides is 2. The first-order valence-electron chi connectivity index (χ1n) is 10.0. The molecular weight excluding hydrogens is 420 g/mol. The summed E-state index contributed by atoms with van der Waals surface area (Å²) in [6.07, 6.45) is -0.683. The van der Waals surface area contributed by atoms with E-state index in [0.717, 1.165) is 5.56 Å². The minimum Gasteiger partial charge on any atom is -0.444 e. The van der Waals surface area contributed by atoms with E-state index in [1.54, 1.807) is 69.3 Å². The van der Waals surface area contributed by atoms with Gasteiger partial charge < -0.3 is 24.8 Å². The predicted molar refractivity (Wildman–Crippen MR) is 117 cm³/mol. The Bertz CT molecular complexity index is 890. The molecule has 1 aliphatic heterocycles. The summed E-state index contributed by atoms with van der Waals surface area (Å²) in [6, 6.07) is 15.1. The van der Waals surface area contributed by atoms with Gasteiger partial charge >= 0.3 is 6.09 Å². The largest absolute Gasteiger partial charge is 0.444 e. The third-order valence-corrected chi connectivity index (χ3v) is 4.84. The maximum Gasteiger partial charge on any atom is 0.408 e. The quantitative estimate of drug-likeness (QED) is 0.702. The fraction of sp³-hybridized carbons (Fsp3) is 0.391. The first kappa shape index (κ1) is 23.1. The molecule has 7 nitrogen and oxygen atoms in total. The Labute approximate surface area is 187 Å². The number of hydrogen-bond donors (Lipinski definition) is 2. The normalized spacial score (nSPS) is 16.4. The van der Waals surface area contributed by atoms with Crippen LogP contribution in [-0.4, -0.2) is 37.4 Å². The zero-order valence-electron chi connectivity index (χ0n) is 17.8. The second-order valence-corrected chi connectivity index (χ2v) is 8.60. The second kappa shape index (κ2) is 9.68. The molecule has 1 heterocycles. The minimum atomic E-state index is -1.12. The fourth-order valence-electron chi connectivity index (χ4n) is 3.21. The van der Waals surface area contributed by atoms with Gasteiger partial charge in [-0.25, -0.2) is 4.79 Å². The van der Waals surface area contributed by atoms with Crippen LogP contribution in [0.3, 0.4) is 0 Å². The van der Waals surface area contributed by atoms with Crippen molar-refractivity contribution in [1.29, 1.82) is 0 Å². The lowest BCUT2D eigenvalue weighted by Crippen LogP contribution is -2.47. The molecular formula is C23H27ClN2O5. The van der Waals surface area contributed by atoms with Crippen LogP contribution in [0.15, 0.2) is 54.6 Å². The van der Waals surface area contributed by atoms with Crippen molar-refractivity contribution in [3.8, 4) is 0 Å². The highest BCUT2D eigenvalue weighted by Gasteiger charge is 2.40. The number of ether oxygens (including phenoxy) is 3. The summed E-state index contributed by atoms with van der Waals surface area (Å²) in [5.74, 6) is -1.53. The molecule has 3 rings (SSSR count). The molecule has 0 bridgehead atoms. The molecule has 0 spiro atoms. The van der Waals surface area contributed by atoms with E-state index in [1.165, 1.54) is 0 Å². The van der Waals surface area contributed by atoms with Crippen molar-refractivity contribution >= 4 is 23.6 Å². The molecule has 31 heavy (non-hydrogen) atoms. The Hall–Kier alpha value is -2.61. The Morgan fingerprint density at radius 1 is 1.06 bits per heavy atom. The van der Waals surface area contributed by atoms with E-state index < -0.39 is 29.4 Å². The van der Waals surface area contributed by atoms with Crippen LogP contribution >= 0.6 is 11.6 Å². The summed E-state index contributed by atoms with van der Waals surface area (Å²) in [4.78, 5) is 25.5. The van der Waals surface area contributed by atoms with Gasteiger partial charge in [-0.15, -0.1) is 0 Å². The molecule has 166 valence electrons. The van der Waals surface area contributed by atoms with Crippen LogP contribution in [0, 0.1) is 0 Å². The van der Waals surface area contributed by atoms with Gasteiger partial charge in [0, 0.05) is 10.6 Å². The molecule has 8 heteroatoms. The average Bonchev–Trinajstić information content (AvgIpc) is 3.20. The standard InChI is InChI=1S/C23H27ClN2O5/c1-22(2,3)31-21(28)26-19(16-7-5-4-6-8-16)20(27)25-15-23(29-13-14-30-23)17-9-11-18(24)12-10-17/h4-12,19H,13-15H2,1-3H3,(H,25,27)(H,26,28). The van der Waals surface area contributed by atoms with Crippen LogP contribution in [-0.2, 0) is 24.8 Å². The topological polar surface area (TPSA) is 85.9 Å². The maximum absolute atomic E-state index is 13.1. The van der Waals surface area contributed by atoms with Crippen LogP contribution in [0.5, 0.6) is 0 Å². The summed E-state index contributed by atoms with van der Waals surface area (Å²) in [5.41, 5.74) is 0.678. The molecule has 0 aliphatic carbocycles. The highest BCUT2D eigenvalue weighted by molar-refractivity contribution is 6.30. The number of hydrogen-bond acceptors (Lipinski definition) is 5. The summed E-state index contributed by atoms with van der Waals surface area (Å²) >= 11 is 5.99. The summed E-state index contributed by atoms with van der Waals surface area (Å²) < 4.78 is 17.0. The van der Waals surface area contributed by atoms with Crippen LogP contribution in [0.4, 0.5) is 4.79 Å². The van der Waals surface area contributed by atoms with Gasteiger partial charge in [-0.2, -0.15) is 0 Å². The lowest BCUT2D eigenvalue weighted by atomic mass is 10.0. The van der Waals surface area contributed by atoms with Gasteiger partial charge in [0.2, 0.25) is 11.7 Å². The molecule has 1 unspecified atom stereocenters. The number of benzene rings is 2. The van der Waals surface area contributed by atoms with Crippen molar-refractivity contribution < 1.29 is 23.8 Å². The Balaban J connectivity index is 1.76. The van der Waals surface area contributed by atoms with Crippen molar-refractivity contribution in [2.24, 2.45) is 0 Å². The van der Waals surface area contributed by atoms with E-state index in [9.17, 15) is 9.59 Å². The lowest BCUT2D eigenvalue weighted by Gasteiger charge is -2.29. The molecule has 1 fully saturated rings. The predicted octanol–water partition coefficient (Wildman–Crippen LogP) is 3.92. The van der Waals surface area contributed by atoms with Crippen LogP contribution in [0.2, 0.25) is 5.02 Å². The summed E-state index contributed by atoms with van der Waals surface area (Å²) in [7, 11) is 0. The molecule has 0 aromatic heterocycles. The van der Waals surface area contributed by atoms with Gasteiger partial charge in [-0.05, 0) is 38.5 Å². The number of carbonyl (C=O) groups excluding carboxylic acids is 2. The van der Waals surface area contributed by atoms with E-state index in [1.807, 2.05) is 6.07 Å². The smallest absolute Gasteiger partial charge is 0.408 e. The molecule has 1 atom stereocenters. The summed E-state index contributed by atoms with van der Waals surface area (Å²) in [5, 5.41) is 6.10. The maximum atomic E-state index is 13.1. The lowest BCUT2D eigenvalue weighted by molar-refractivity contribution is -0.165. The molecule has 2 amide bonds. The Morgan fingerprint density at radius 3 is 2.26 bits per heavy atom. The zero-order chi connectivity index (χ0) is 22.5. The third-order valence-electron chi connectivity index (χ3n) is 4.59. The van der Waals surface area contributed by atoms with E-state index >= 15 is 0 Å². The number of nitrogens with one attached hydrogen (secondary N) is 2. The summed E-state index contributed by atoms with van der Waals surface area (Å²) in [6.45, 7) is 6.14. The molecule has 1 saturated heterocycles. The first-order valence-corrected chi connectivity index (χ1v) is 10.4. The number of rotatable bonds is 6. The van der Waals surface area contributed by atoms with Crippen molar-refractivity contribution in [3.63, 3.8) is 0 Å². The van der Waals surface area contributed by atoms with Crippen molar-refractivity contribution in [3.05, 3.63) is 70.7 Å². The monoisotopic (exact) mass is 446 g/mol. The zero-order valence-corrected chi connectivity index (χ0v) is 18.6.